The SMILES string of the molecule is COC(C)(C)c1nccn1-c1ccccc1. The number of para-hydroxylation sites is 1. The van der Waals surface area contributed by atoms with Gasteiger partial charge in [0.15, 0.2) is 0 Å². The van der Waals surface area contributed by atoms with E-state index in [1.165, 1.54) is 0 Å². The molecule has 1 heterocycles. The Morgan fingerprint density at radius 1 is 1.19 bits per heavy atom. The lowest BCUT2D eigenvalue weighted by Crippen LogP contribution is -2.24. The van der Waals surface area contributed by atoms with Crippen molar-refractivity contribution in [3.63, 3.8) is 0 Å². The normalized spacial score (nSPS) is 11.7. The molecule has 3 heteroatoms. The molecule has 2 rings (SSSR count). The van der Waals surface area contributed by atoms with Crippen molar-refractivity contribution in [1.29, 1.82) is 0 Å². The van der Waals surface area contributed by atoms with E-state index in [0.717, 1.165) is 11.5 Å². The summed E-state index contributed by atoms with van der Waals surface area (Å²) in [7, 11) is 1.70. The summed E-state index contributed by atoms with van der Waals surface area (Å²) < 4.78 is 7.51. The number of benzene rings is 1. The van der Waals surface area contributed by atoms with E-state index in [1.54, 1.807) is 13.3 Å². The molecule has 2 aromatic rings. The molecule has 84 valence electrons. The number of hydrogen-bond acceptors (Lipinski definition) is 2. The van der Waals surface area contributed by atoms with Crippen LogP contribution < -0.4 is 0 Å². The fourth-order valence-electron chi connectivity index (χ4n) is 1.64. The van der Waals surface area contributed by atoms with Gasteiger partial charge < -0.3 is 9.30 Å². The van der Waals surface area contributed by atoms with Gasteiger partial charge in [0.25, 0.3) is 0 Å². The van der Waals surface area contributed by atoms with Crippen LogP contribution in [0.4, 0.5) is 0 Å². The zero-order chi connectivity index (χ0) is 11.6. The minimum Gasteiger partial charge on any atom is -0.371 e. The van der Waals surface area contributed by atoms with Gasteiger partial charge in [-0.15, -0.1) is 0 Å². The summed E-state index contributed by atoms with van der Waals surface area (Å²) in [5.41, 5.74) is 0.708. The minimum atomic E-state index is -0.390. The van der Waals surface area contributed by atoms with E-state index in [1.807, 2.05) is 42.8 Å². The van der Waals surface area contributed by atoms with Gasteiger partial charge in [-0.2, -0.15) is 0 Å². The second kappa shape index (κ2) is 4.10. The third kappa shape index (κ3) is 1.86. The van der Waals surface area contributed by atoms with E-state index in [9.17, 15) is 0 Å². The van der Waals surface area contributed by atoms with Gasteiger partial charge in [0.05, 0.1) is 0 Å². The lowest BCUT2D eigenvalue weighted by atomic mass is 10.1. The Bertz CT molecular complexity index is 460. The number of hydrogen-bond donors (Lipinski definition) is 0. The maximum Gasteiger partial charge on any atom is 0.145 e. The van der Waals surface area contributed by atoms with E-state index in [-0.39, 0.29) is 5.60 Å². The summed E-state index contributed by atoms with van der Waals surface area (Å²) in [6, 6.07) is 10.1. The molecule has 0 fully saturated rings. The fourth-order valence-corrected chi connectivity index (χ4v) is 1.64. The molecule has 0 atom stereocenters. The van der Waals surface area contributed by atoms with Gasteiger partial charge in [-0.3, -0.25) is 0 Å². The van der Waals surface area contributed by atoms with E-state index < -0.39 is 0 Å². The first-order valence-electron chi connectivity index (χ1n) is 5.29. The highest BCUT2D eigenvalue weighted by Crippen LogP contribution is 2.24. The minimum absolute atomic E-state index is 0.390. The number of imidazole rings is 1. The first-order chi connectivity index (χ1) is 7.65. The number of methoxy groups -OCH3 is 1. The van der Waals surface area contributed by atoms with Gasteiger partial charge >= 0.3 is 0 Å². The number of nitrogens with zero attached hydrogens (tertiary/aromatic N) is 2. The van der Waals surface area contributed by atoms with E-state index >= 15 is 0 Å². The van der Waals surface area contributed by atoms with Crippen molar-refractivity contribution < 1.29 is 4.74 Å². The molecule has 16 heavy (non-hydrogen) atoms. The molecule has 0 aliphatic heterocycles. The molecule has 0 N–H and O–H groups in total. The fraction of sp³-hybridized carbons (Fsp3) is 0.308. The summed E-state index contributed by atoms with van der Waals surface area (Å²) in [4.78, 5) is 4.37. The Hall–Kier alpha value is -1.61. The van der Waals surface area contributed by atoms with Crippen LogP contribution in [0, 0.1) is 0 Å². The average Bonchev–Trinajstić information content (AvgIpc) is 2.80. The Morgan fingerprint density at radius 3 is 2.50 bits per heavy atom. The first kappa shape index (κ1) is 10.9. The third-order valence-electron chi connectivity index (χ3n) is 2.72. The molecule has 0 radical (unpaired) electrons. The summed E-state index contributed by atoms with van der Waals surface area (Å²) >= 11 is 0. The maximum absolute atomic E-state index is 5.46. The first-order valence-corrected chi connectivity index (χ1v) is 5.29. The van der Waals surface area contributed by atoms with Crippen molar-refractivity contribution in [2.24, 2.45) is 0 Å². The van der Waals surface area contributed by atoms with Gasteiger partial charge in [0.1, 0.15) is 11.4 Å². The summed E-state index contributed by atoms with van der Waals surface area (Å²) in [5, 5.41) is 0. The molecule has 0 bridgehead atoms. The van der Waals surface area contributed by atoms with Crippen LogP contribution >= 0.6 is 0 Å². The zero-order valence-corrected chi connectivity index (χ0v) is 9.84. The molecule has 3 nitrogen and oxygen atoms in total. The van der Waals surface area contributed by atoms with Crippen LogP contribution in [0.5, 0.6) is 0 Å². The van der Waals surface area contributed by atoms with Crippen LogP contribution in [0.1, 0.15) is 19.7 Å². The molecule has 0 unspecified atom stereocenters. The van der Waals surface area contributed by atoms with Crippen LogP contribution in [0.25, 0.3) is 5.69 Å². The molecular formula is C13H16N2O. The van der Waals surface area contributed by atoms with Gasteiger partial charge in [-0.1, -0.05) is 18.2 Å². The highest BCUT2D eigenvalue weighted by molar-refractivity contribution is 5.33. The molecule has 0 aliphatic rings. The monoisotopic (exact) mass is 216 g/mol. The van der Waals surface area contributed by atoms with E-state index in [4.69, 9.17) is 4.74 Å². The van der Waals surface area contributed by atoms with E-state index in [0.29, 0.717) is 0 Å². The largest absolute Gasteiger partial charge is 0.371 e. The van der Waals surface area contributed by atoms with Gasteiger partial charge in [0.2, 0.25) is 0 Å². The topological polar surface area (TPSA) is 27.1 Å². The van der Waals surface area contributed by atoms with Crippen LogP contribution in [-0.4, -0.2) is 16.7 Å². The number of ether oxygens (including phenoxy) is 1. The Balaban J connectivity index is 2.49. The van der Waals surface area contributed by atoms with Crippen LogP contribution in [-0.2, 0) is 10.3 Å². The standard InChI is InChI=1S/C13H16N2O/c1-13(2,16-3)12-14-9-10-15(12)11-7-5-4-6-8-11/h4-10H,1-3H3. The zero-order valence-electron chi connectivity index (χ0n) is 9.84. The van der Waals surface area contributed by atoms with Gasteiger partial charge in [-0.25, -0.2) is 4.98 Å². The predicted octanol–water partition coefficient (Wildman–Crippen LogP) is 2.75. The number of aromatic nitrogens is 2. The van der Waals surface area contributed by atoms with Crippen molar-refractivity contribution in [1.82, 2.24) is 9.55 Å². The lowest BCUT2D eigenvalue weighted by Gasteiger charge is -2.23. The molecular weight excluding hydrogens is 200 g/mol. The van der Waals surface area contributed by atoms with Gasteiger partial charge in [-0.05, 0) is 26.0 Å². The average molecular weight is 216 g/mol. The van der Waals surface area contributed by atoms with E-state index in [2.05, 4.69) is 17.1 Å². The molecule has 1 aromatic carbocycles. The Morgan fingerprint density at radius 2 is 1.88 bits per heavy atom. The lowest BCUT2D eigenvalue weighted by molar-refractivity contribution is 0.0103. The number of rotatable bonds is 3. The molecule has 1 aromatic heterocycles. The molecule has 0 saturated carbocycles. The molecule has 0 aliphatic carbocycles. The van der Waals surface area contributed by atoms with Crippen molar-refractivity contribution in [3.05, 3.63) is 48.5 Å². The highest BCUT2D eigenvalue weighted by atomic mass is 16.5. The van der Waals surface area contributed by atoms with Crippen LogP contribution in [0.15, 0.2) is 42.7 Å². The third-order valence-corrected chi connectivity index (χ3v) is 2.72. The second-order valence-corrected chi connectivity index (χ2v) is 4.17. The molecule has 0 saturated heterocycles. The van der Waals surface area contributed by atoms with Gasteiger partial charge in [0, 0.05) is 25.2 Å². The Kier molecular flexibility index (Phi) is 2.79. The van der Waals surface area contributed by atoms with Crippen molar-refractivity contribution in [2.75, 3.05) is 7.11 Å². The van der Waals surface area contributed by atoms with Crippen LogP contribution in [0.2, 0.25) is 0 Å². The van der Waals surface area contributed by atoms with Crippen LogP contribution in [0.3, 0.4) is 0 Å². The van der Waals surface area contributed by atoms with Crippen molar-refractivity contribution >= 4 is 0 Å². The summed E-state index contributed by atoms with van der Waals surface area (Å²) in [5.74, 6) is 0.904. The Labute approximate surface area is 95.7 Å². The summed E-state index contributed by atoms with van der Waals surface area (Å²) in [6.07, 6.45) is 3.74. The highest BCUT2D eigenvalue weighted by Gasteiger charge is 2.25. The second-order valence-electron chi connectivity index (χ2n) is 4.17. The molecule has 0 amide bonds. The summed E-state index contributed by atoms with van der Waals surface area (Å²) in [6.45, 7) is 4.02. The maximum atomic E-state index is 5.46. The predicted molar refractivity (Wildman–Crippen MR) is 63.6 cm³/mol. The smallest absolute Gasteiger partial charge is 0.145 e. The van der Waals surface area contributed by atoms with Crippen molar-refractivity contribution in [3.8, 4) is 5.69 Å². The quantitative estimate of drug-likeness (QED) is 0.788. The molecule has 0 spiro atoms. The van der Waals surface area contributed by atoms with Crippen molar-refractivity contribution in [2.45, 2.75) is 19.4 Å².